The van der Waals surface area contributed by atoms with Crippen molar-refractivity contribution in [2.45, 2.75) is 20.3 Å². The lowest BCUT2D eigenvalue weighted by molar-refractivity contribution is 0.167. The van der Waals surface area contributed by atoms with E-state index in [9.17, 15) is 0 Å². The standard InChI is InChI=1S/C15H24N2O2/c1-4-8-19-15-10-13(5-6-14(15)16)17-7-9-18-11-12(2)3/h5-6,10,17H,2,4,7-9,11,16H2,1,3H3. The average molecular weight is 264 g/mol. The first kappa shape index (κ1) is 15.4. The lowest BCUT2D eigenvalue weighted by atomic mass is 10.2. The van der Waals surface area contributed by atoms with Crippen molar-refractivity contribution in [2.24, 2.45) is 0 Å². The number of benzene rings is 1. The highest BCUT2D eigenvalue weighted by atomic mass is 16.5. The van der Waals surface area contributed by atoms with E-state index in [0.717, 1.165) is 30.0 Å². The molecule has 0 saturated carbocycles. The molecule has 0 heterocycles. The largest absolute Gasteiger partial charge is 0.491 e. The zero-order valence-electron chi connectivity index (χ0n) is 11.9. The summed E-state index contributed by atoms with van der Waals surface area (Å²) in [5.41, 5.74) is 8.53. The van der Waals surface area contributed by atoms with Crippen molar-refractivity contribution in [3.8, 4) is 5.75 Å². The van der Waals surface area contributed by atoms with Gasteiger partial charge in [-0.15, -0.1) is 0 Å². The van der Waals surface area contributed by atoms with Crippen LogP contribution >= 0.6 is 0 Å². The maximum Gasteiger partial charge on any atom is 0.144 e. The van der Waals surface area contributed by atoms with Crippen molar-refractivity contribution in [1.82, 2.24) is 0 Å². The van der Waals surface area contributed by atoms with Crippen molar-refractivity contribution in [2.75, 3.05) is 37.4 Å². The first-order valence-electron chi connectivity index (χ1n) is 6.61. The first-order valence-corrected chi connectivity index (χ1v) is 6.61. The molecule has 19 heavy (non-hydrogen) atoms. The van der Waals surface area contributed by atoms with Crippen LogP contribution in [0.25, 0.3) is 0 Å². The molecule has 0 amide bonds. The molecule has 0 aliphatic heterocycles. The van der Waals surface area contributed by atoms with Gasteiger partial charge in [0.1, 0.15) is 5.75 Å². The normalized spacial score (nSPS) is 10.2. The third-order valence-corrected chi connectivity index (χ3v) is 2.40. The Bertz CT molecular complexity index is 405. The second-order valence-corrected chi connectivity index (χ2v) is 4.54. The van der Waals surface area contributed by atoms with Gasteiger partial charge in [0.05, 0.1) is 25.5 Å². The molecule has 0 aliphatic rings. The lowest BCUT2D eigenvalue weighted by Gasteiger charge is -2.12. The molecular formula is C15H24N2O2. The topological polar surface area (TPSA) is 56.5 Å². The fraction of sp³-hybridized carbons (Fsp3) is 0.467. The Morgan fingerprint density at radius 3 is 2.84 bits per heavy atom. The van der Waals surface area contributed by atoms with Crippen LogP contribution in [0, 0.1) is 0 Å². The predicted octanol–water partition coefficient (Wildman–Crippen LogP) is 3.06. The van der Waals surface area contributed by atoms with Gasteiger partial charge in [-0.25, -0.2) is 0 Å². The van der Waals surface area contributed by atoms with Crippen molar-refractivity contribution in [1.29, 1.82) is 0 Å². The van der Waals surface area contributed by atoms with E-state index in [1.54, 1.807) is 0 Å². The number of rotatable bonds is 9. The monoisotopic (exact) mass is 264 g/mol. The Morgan fingerprint density at radius 2 is 2.16 bits per heavy atom. The maximum atomic E-state index is 5.85. The van der Waals surface area contributed by atoms with Gasteiger partial charge in [0.15, 0.2) is 0 Å². The molecule has 0 aliphatic carbocycles. The van der Waals surface area contributed by atoms with Gasteiger partial charge in [0, 0.05) is 18.3 Å². The van der Waals surface area contributed by atoms with Crippen LogP contribution in [0.1, 0.15) is 20.3 Å². The van der Waals surface area contributed by atoms with Crippen LogP contribution in [0.3, 0.4) is 0 Å². The molecule has 3 N–H and O–H groups in total. The van der Waals surface area contributed by atoms with Crippen molar-refractivity contribution in [3.05, 3.63) is 30.4 Å². The highest BCUT2D eigenvalue weighted by Gasteiger charge is 2.01. The zero-order chi connectivity index (χ0) is 14.1. The number of nitrogens with one attached hydrogen (secondary N) is 1. The summed E-state index contributed by atoms with van der Waals surface area (Å²) in [6, 6.07) is 5.71. The third-order valence-electron chi connectivity index (χ3n) is 2.40. The summed E-state index contributed by atoms with van der Waals surface area (Å²) >= 11 is 0. The van der Waals surface area contributed by atoms with E-state index in [-0.39, 0.29) is 0 Å². The number of nitrogens with two attached hydrogens (primary N) is 1. The maximum absolute atomic E-state index is 5.85. The molecule has 0 fully saturated rings. The van der Waals surface area contributed by atoms with Crippen LogP contribution in [0.5, 0.6) is 5.75 Å². The molecule has 1 aromatic rings. The molecule has 0 radical (unpaired) electrons. The summed E-state index contributed by atoms with van der Waals surface area (Å²) in [5.74, 6) is 0.731. The van der Waals surface area contributed by atoms with Gasteiger partial charge in [-0.05, 0) is 25.5 Å². The number of hydrogen-bond donors (Lipinski definition) is 2. The minimum Gasteiger partial charge on any atom is -0.491 e. The molecule has 106 valence electrons. The van der Waals surface area contributed by atoms with E-state index < -0.39 is 0 Å². The highest BCUT2D eigenvalue weighted by molar-refractivity contribution is 5.61. The molecule has 0 aromatic heterocycles. The highest BCUT2D eigenvalue weighted by Crippen LogP contribution is 2.25. The Balaban J connectivity index is 2.39. The molecule has 0 saturated heterocycles. The average Bonchev–Trinajstić information content (AvgIpc) is 2.38. The Morgan fingerprint density at radius 1 is 1.37 bits per heavy atom. The third kappa shape index (κ3) is 6.15. The van der Waals surface area contributed by atoms with E-state index in [1.807, 2.05) is 25.1 Å². The molecule has 1 aromatic carbocycles. The predicted molar refractivity (Wildman–Crippen MR) is 80.8 cm³/mol. The molecule has 4 heteroatoms. The summed E-state index contributed by atoms with van der Waals surface area (Å²) in [7, 11) is 0. The van der Waals surface area contributed by atoms with Crippen molar-refractivity contribution < 1.29 is 9.47 Å². The van der Waals surface area contributed by atoms with E-state index in [2.05, 4.69) is 18.8 Å². The summed E-state index contributed by atoms with van der Waals surface area (Å²) in [6.45, 7) is 10.5. The quantitative estimate of drug-likeness (QED) is 0.409. The van der Waals surface area contributed by atoms with Crippen LogP contribution in [-0.2, 0) is 4.74 Å². The first-order chi connectivity index (χ1) is 9.13. The molecule has 1 rings (SSSR count). The number of nitrogen functional groups attached to an aromatic ring is 1. The van der Waals surface area contributed by atoms with Crippen LogP contribution in [0.15, 0.2) is 30.4 Å². The summed E-state index contributed by atoms with van der Waals surface area (Å²) in [4.78, 5) is 0. The SMILES string of the molecule is C=C(C)COCCNc1ccc(N)c(OCCC)c1. The molecule has 4 nitrogen and oxygen atoms in total. The van der Waals surface area contributed by atoms with Gasteiger partial charge in [-0.2, -0.15) is 0 Å². The zero-order valence-corrected chi connectivity index (χ0v) is 11.9. The summed E-state index contributed by atoms with van der Waals surface area (Å²) < 4.78 is 11.0. The van der Waals surface area contributed by atoms with Gasteiger partial charge < -0.3 is 20.5 Å². The van der Waals surface area contributed by atoms with E-state index in [0.29, 0.717) is 25.5 Å². The molecule has 0 atom stereocenters. The van der Waals surface area contributed by atoms with Crippen LogP contribution < -0.4 is 15.8 Å². The second-order valence-electron chi connectivity index (χ2n) is 4.54. The molecular weight excluding hydrogens is 240 g/mol. The smallest absolute Gasteiger partial charge is 0.144 e. The van der Waals surface area contributed by atoms with Gasteiger partial charge in [0.2, 0.25) is 0 Å². The van der Waals surface area contributed by atoms with Crippen LogP contribution in [-0.4, -0.2) is 26.4 Å². The Labute approximate surface area is 115 Å². The van der Waals surface area contributed by atoms with E-state index in [1.165, 1.54) is 0 Å². The fourth-order valence-corrected chi connectivity index (χ4v) is 1.50. The molecule has 0 bridgehead atoms. The Kier molecular flexibility index (Phi) is 6.82. The summed E-state index contributed by atoms with van der Waals surface area (Å²) in [6.07, 6.45) is 0.964. The minimum absolute atomic E-state index is 0.605. The van der Waals surface area contributed by atoms with Gasteiger partial charge in [-0.1, -0.05) is 19.1 Å². The number of hydrogen-bond acceptors (Lipinski definition) is 4. The van der Waals surface area contributed by atoms with Gasteiger partial charge in [-0.3, -0.25) is 0 Å². The minimum atomic E-state index is 0.605. The van der Waals surface area contributed by atoms with Crippen molar-refractivity contribution in [3.63, 3.8) is 0 Å². The fourth-order valence-electron chi connectivity index (χ4n) is 1.50. The van der Waals surface area contributed by atoms with E-state index >= 15 is 0 Å². The lowest BCUT2D eigenvalue weighted by Crippen LogP contribution is -2.10. The second kappa shape index (κ2) is 8.43. The van der Waals surface area contributed by atoms with Gasteiger partial charge in [0.25, 0.3) is 0 Å². The van der Waals surface area contributed by atoms with Crippen LogP contribution in [0.2, 0.25) is 0 Å². The van der Waals surface area contributed by atoms with E-state index in [4.69, 9.17) is 15.2 Å². The molecule has 0 unspecified atom stereocenters. The number of anilines is 2. The van der Waals surface area contributed by atoms with Crippen molar-refractivity contribution >= 4 is 11.4 Å². The Hall–Kier alpha value is -1.68. The van der Waals surface area contributed by atoms with Gasteiger partial charge >= 0.3 is 0 Å². The summed E-state index contributed by atoms with van der Waals surface area (Å²) in [5, 5.41) is 3.27. The molecule has 0 spiro atoms. The van der Waals surface area contributed by atoms with Crippen LogP contribution in [0.4, 0.5) is 11.4 Å². The number of ether oxygens (including phenoxy) is 2.